The average molecular weight is 262 g/mol. The Morgan fingerprint density at radius 3 is 2.21 bits per heavy atom. The fourth-order valence-electron chi connectivity index (χ4n) is 2.48. The largest absolute Gasteiger partial charge is 0.495 e. The number of benzene rings is 1. The van der Waals surface area contributed by atoms with Gasteiger partial charge in [0.25, 0.3) is 0 Å². The topological polar surface area (TPSA) is 18.5 Å². The molecular formula is C15H20BFO2. The van der Waals surface area contributed by atoms with E-state index in [2.05, 4.69) is 0 Å². The Balaban J connectivity index is 1.96. The first-order chi connectivity index (χ1) is 8.80. The van der Waals surface area contributed by atoms with Crippen LogP contribution < -0.4 is 5.46 Å². The van der Waals surface area contributed by atoms with E-state index in [0.717, 1.165) is 23.9 Å². The van der Waals surface area contributed by atoms with Crippen LogP contribution in [-0.4, -0.2) is 18.3 Å². The highest BCUT2D eigenvalue weighted by molar-refractivity contribution is 6.62. The second-order valence-electron chi connectivity index (χ2n) is 6.64. The third-order valence-corrected chi connectivity index (χ3v) is 4.57. The maximum absolute atomic E-state index is 13.4. The molecule has 3 rings (SSSR count). The molecule has 1 saturated heterocycles. The lowest BCUT2D eigenvalue weighted by molar-refractivity contribution is 0.00578. The van der Waals surface area contributed by atoms with Crippen molar-refractivity contribution in [2.45, 2.75) is 57.7 Å². The zero-order chi connectivity index (χ0) is 13.8. The van der Waals surface area contributed by atoms with Crippen LogP contribution in [0.2, 0.25) is 0 Å². The van der Waals surface area contributed by atoms with Gasteiger partial charge in [-0.1, -0.05) is 6.07 Å². The molecule has 4 heteroatoms. The molecule has 19 heavy (non-hydrogen) atoms. The van der Waals surface area contributed by atoms with Crippen LogP contribution in [0.15, 0.2) is 18.2 Å². The Morgan fingerprint density at radius 1 is 1.11 bits per heavy atom. The molecule has 0 atom stereocenters. The molecule has 1 saturated carbocycles. The summed E-state index contributed by atoms with van der Waals surface area (Å²) in [5, 5.41) is 0. The van der Waals surface area contributed by atoms with Crippen molar-refractivity contribution >= 4 is 12.6 Å². The predicted octanol–water partition coefficient (Wildman–Crippen LogP) is 3.00. The minimum atomic E-state index is -0.388. The number of hydrogen-bond donors (Lipinski definition) is 0. The van der Waals surface area contributed by atoms with Crippen LogP contribution in [-0.2, 0) is 9.31 Å². The maximum Gasteiger partial charge on any atom is 0.495 e. The van der Waals surface area contributed by atoms with Gasteiger partial charge in [-0.2, -0.15) is 0 Å². The monoisotopic (exact) mass is 262 g/mol. The van der Waals surface area contributed by atoms with Crippen molar-refractivity contribution < 1.29 is 13.7 Å². The van der Waals surface area contributed by atoms with E-state index in [1.54, 1.807) is 6.07 Å². The zero-order valence-electron chi connectivity index (χ0n) is 12.0. The van der Waals surface area contributed by atoms with E-state index in [9.17, 15) is 4.39 Å². The van der Waals surface area contributed by atoms with Crippen molar-refractivity contribution in [3.8, 4) is 0 Å². The Labute approximate surface area is 114 Å². The van der Waals surface area contributed by atoms with Gasteiger partial charge in [0.1, 0.15) is 5.82 Å². The molecule has 1 aliphatic carbocycles. The standard InChI is InChI=1S/C15H20BFO2/c1-14(2)15(3,4)19-16(18-14)13-8-7-11(17)9-12(13)10-5-6-10/h7-10H,5-6H2,1-4H3. The molecular weight excluding hydrogens is 242 g/mol. The zero-order valence-corrected chi connectivity index (χ0v) is 12.0. The first kappa shape index (κ1) is 13.1. The molecule has 0 aromatic heterocycles. The summed E-state index contributed by atoms with van der Waals surface area (Å²) in [5.41, 5.74) is 1.33. The number of rotatable bonds is 2. The van der Waals surface area contributed by atoms with Gasteiger partial charge in [-0.25, -0.2) is 4.39 Å². The summed E-state index contributed by atoms with van der Waals surface area (Å²) in [6.07, 6.45) is 2.27. The van der Waals surface area contributed by atoms with E-state index in [1.165, 1.54) is 6.07 Å². The van der Waals surface area contributed by atoms with Gasteiger partial charge in [0.05, 0.1) is 11.2 Å². The highest BCUT2D eigenvalue weighted by atomic mass is 19.1. The summed E-state index contributed by atoms with van der Waals surface area (Å²) in [7, 11) is -0.388. The van der Waals surface area contributed by atoms with Crippen LogP contribution in [0, 0.1) is 5.82 Å². The molecule has 1 aromatic carbocycles. The SMILES string of the molecule is CC1(C)OB(c2ccc(F)cc2C2CC2)OC1(C)C. The van der Waals surface area contributed by atoms with Gasteiger partial charge < -0.3 is 9.31 Å². The van der Waals surface area contributed by atoms with Crippen LogP contribution >= 0.6 is 0 Å². The van der Waals surface area contributed by atoms with E-state index in [4.69, 9.17) is 9.31 Å². The van der Waals surface area contributed by atoms with Crippen molar-refractivity contribution in [3.63, 3.8) is 0 Å². The third-order valence-electron chi connectivity index (χ3n) is 4.57. The average Bonchev–Trinajstić information content (AvgIpc) is 3.07. The van der Waals surface area contributed by atoms with Crippen LogP contribution in [0.1, 0.15) is 52.0 Å². The molecule has 2 fully saturated rings. The van der Waals surface area contributed by atoms with Gasteiger partial charge in [0.2, 0.25) is 0 Å². The fraction of sp³-hybridized carbons (Fsp3) is 0.600. The molecule has 1 aliphatic heterocycles. The maximum atomic E-state index is 13.4. The molecule has 2 nitrogen and oxygen atoms in total. The quantitative estimate of drug-likeness (QED) is 0.763. The molecule has 0 amide bonds. The van der Waals surface area contributed by atoms with E-state index >= 15 is 0 Å². The molecule has 2 aliphatic rings. The smallest absolute Gasteiger partial charge is 0.399 e. The Bertz CT molecular complexity index is 493. The second kappa shape index (κ2) is 4.06. The van der Waals surface area contributed by atoms with Gasteiger partial charge in [-0.05, 0) is 69.6 Å². The van der Waals surface area contributed by atoms with E-state index in [-0.39, 0.29) is 24.1 Å². The van der Waals surface area contributed by atoms with Gasteiger partial charge in [0.15, 0.2) is 0 Å². The summed E-state index contributed by atoms with van der Waals surface area (Å²) < 4.78 is 25.6. The van der Waals surface area contributed by atoms with Gasteiger partial charge >= 0.3 is 7.12 Å². The Kier molecular flexibility index (Phi) is 2.81. The number of halogens is 1. The molecule has 102 valence electrons. The minimum absolute atomic E-state index is 0.179. The van der Waals surface area contributed by atoms with Crippen LogP contribution in [0.5, 0.6) is 0 Å². The van der Waals surface area contributed by atoms with E-state index < -0.39 is 0 Å². The lowest BCUT2D eigenvalue weighted by Gasteiger charge is -2.32. The fourth-order valence-corrected chi connectivity index (χ4v) is 2.48. The first-order valence-electron chi connectivity index (χ1n) is 6.95. The number of hydrogen-bond acceptors (Lipinski definition) is 2. The lowest BCUT2D eigenvalue weighted by Crippen LogP contribution is -2.41. The predicted molar refractivity (Wildman–Crippen MR) is 74.1 cm³/mol. The summed E-state index contributed by atoms with van der Waals surface area (Å²) >= 11 is 0. The lowest BCUT2D eigenvalue weighted by atomic mass is 9.75. The van der Waals surface area contributed by atoms with Crippen LogP contribution in [0.4, 0.5) is 4.39 Å². The van der Waals surface area contributed by atoms with Crippen molar-refractivity contribution in [2.24, 2.45) is 0 Å². The van der Waals surface area contributed by atoms with Crippen molar-refractivity contribution in [3.05, 3.63) is 29.6 Å². The van der Waals surface area contributed by atoms with Crippen LogP contribution in [0.25, 0.3) is 0 Å². The van der Waals surface area contributed by atoms with E-state index in [1.807, 2.05) is 33.8 Å². The summed E-state index contributed by atoms with van der Waals surface area (Å²) in [4.78, 5) is 0. The Morgan fingerprint density at radius 2 is 1.68 bits per heavy atom. The normalized spacial score (nSPS) is 24.8. The first-order valence-corrected chi connectivity index (χ1v) is 6.95. The summed E-state index contributed by atoms with van der Waals surface area (Å²) in [6, 6.07) is 4.94. The molecule has 0 spiro atoms. The van der Waals surface area contributed by atoms with Crippen molar-refractivity contribution in [2.75, 3.05) is 0 Å². The summed E-state index contributed by atoms with van der Waals surface area (Å²) in [5.74, 6) is 0.298. The molecule has 0 N–H and O–H groups in total. The summed E-state index contributed by atoms with van der Waals surface area (Å²) in [6.45, 7) is 8.14. The van der Waals surface area contributed by atoms with E-state index in [0.29, 0.717) is 5.92 Å². The van der Waals surface area contributed by atoms with Crippen molar-refractivity contribution in [1.82, 2.24) is 0 Å². The van der Waals surface area contributed by atoms with Gasteiger partial charge in [0, 0.05) is 0 Å². The minimum Gasteiger partial charge on any atom is -0.399 e. The van der Waals surface area contributed by atoms with Gasteiger partial charge in [-0.3, -0.25) is 0 Å². The third kappa shape index (κ3) is 2.21. The molecule has 1 aromatic rings. The molecule has 1 heterocycles. The molecule has 0 radical (unpaired) electrons. The Hall–Kier alpha value is -0.865. The van der Waals surface area contributed by atoms with Gasteiger partial charge in [-0.15, -0.1) is 0 Å². The van der Waals surface area contributed by atoms with Crippen molar-refractivity contribution in [1.29, 1.82) is 0 Å². The second-order valence-corrected chi connectivity index (χ2v) is 6.64. The molecule has 0 unspecified atom stereocenters. The molecule has 0 bridgehead atoms. The van der Waals surface area contributed by atoms with Crippen LogP contribution in [0.3, 0.4) is 0 Å². The highest BCUT2D eigenvalue weighted by Crippen LogP contribution is 2.41. The highest BCUT2D eigenvalue weighted by Gasteiger charge is 2.52.